The minimum Gasteiger partial charge on any atom is -0.380 e. The fraction of sp³-hybridized carbons (Fsp3) is 0.409. The van der Waals surface area contributed by atoms with Gasteiger partial charge in [-0.3, -0.25) is 0 Å². The summed E-state index contributed by atoms with van der Waals surface area (Å²) in [6.07, 6.45) is 2.48. The maximum atomic E-state index is 5.16. The molecule has 0 bridgehead atoms. The van der Waals surface area contributed by atoms with E-state index in [-0.39, 0.29) is 5.41 Å². The molecule has 0 unspecified atom stereocenters. The lowest BCUT2D eigenvalue weighted by Crippen LogP contribution is -2.41. The largest absolute Gasteiger partial charge is 0.380 e. The number of benzene rings is 2. The summed E-state index contributed by atoms with van der Waals surface area (Å²) in [4.78, 5) is 4.75. The molecule has 1 aliphatic rings. The van der Waals surface area contributed by atoms with Gasteiger partial charge in [-0.1, -0.05) is 54.6 Å². The molecule has 0 aromatic heterocycles. The van der Waals surface area contributed by atoms with Crippen LogP contribution in [-0.2, 0) is 23.3 Å². The van der Waals surface area contributed by atoms with E-state index >= 15 is 0 Å². The number of ether oxygens (including phenoxy) is 1. The molecule has 1 aliphatic carbocycles. The smallest absolute Gasteiger partial charge is 0.191 e. The number of nitrogens with zero attached hydrogens (tertiary/aromatic N) is 1. The molecule has 0 aliphatic heterocycles. The van der Waals surface area contributed by atoms with E-state index in [9.17, 15) is 0 Å². The Labute approximate surface area is 156 Å². The van der Waals surface area contributed by atoms with Crippen molar-refractivity contribution in [2.24, 2.45) is 4.99 Å². The van der Waals surface area contributed by atoms with Gasteiger partial charge in [0.1, 0.15) is 0 Å². The van der Waals surface area contributed by atoms with E-state index in [0.717, 1.165) is 19.0 Å². The highest BCUT2D eigenvalue weighted by molar-refractivity contribution is 5.80. The fourth-order valence-electron chi connectivity index (χ4n) is 3.18. The van der Waals surface area contributed by atoms with Crippen LogP contribution in [0.1, 0.15) is 36.5 Å². The van der Waals surface area contributed by atoms with Gasteiger partial charge in [0.05, 0.1) is 13.2 Å². The Balaban J connectivity index is 1.59. The van der Waals surface area contributed by atoms with Crippen LogP contribution in [-0.4, -0.2) is 26.2 Å². The summed E-state index contributed by atoms with van der Waals surface area (Å²) < 4.78 is 5.16. The molecular weight excluding hydrogens is 322 g/mol. The van der Waals surface area contributed by atoms with Crippen LogP contribution in [0.3, 0.4) is 0 Å². The number of methoxy groups -OCH3 is 1. The van der Waals surface area contributed by atoms with Gasteiger partial charge >= 0.3 is 0 Å². The van der Waals surface area contributed by atoms with Gasteiger partial charge in [0, 0.05) is 25.6 Å². The van der Waals surface area contributed by atoms with Crippen molar-refractivity contribution in [3.63, 3.8) is 0 Å². The molecule has 0 amide bonds. The lowest BCUT2D eigenvalue weighted by Gasteiger charge is -2.19. The first-order valence-electron chi connectivity index (χ1n) is 9.40. The van der Waals surface area contributed by atoms with E-state index < -0.39 is 0 Å². The van der Waals surface area contributed by atoms with Gasteiger partial charge in [0.2, 0.25) is 0 Å². The first-order valence-corrected chi connectivity index (χ1v) is 9.40. The summed E-state index contributed by atoms with van der Waals surface area (Å²) in [5.41, 5.74) is 4.09. The van der Waals surface area contributed by atoms with Crippen molar-refractivity contribution in [2.45, 2.75) is 38.3 Å². The van der Waals surface area contributed by atoms with E-state index in [0.29, 0.717) is 13.2 Å². The second-order valence-electron chi connectivity index (χ2n) is 6.94. The zero-order chi connectivity index (χ0) is 18.2. The number of hydrogen-bond donors (Lipinski definition) is 2. The minimum absolute atomic E-state index is 0.277. The SMILES string of the molecule is CCNC(=NCc1ccc(COC)cc1)NCC1(c2ccccc2)CC1. The number of hydrogen-bond acceptors (Lipinski definition) is 2. The van der Waals surface area contributed by atoms with Crippen molar-refractivity contribution in [3.05, 3.63) is 71.3 Å². The van der Waals surface area contributed by atoms with Crippen molar-refractivity contribution >= 4 is 5.96 Å². The number of aliphatic imine (C=N–C) groups is 1. The number of nitrogens with one attached hydrogen (secondary N) is 2. The molecule has 4 nitrogen and oxygen atoms in total. The second kappa shape index (κ2) is 8.86. The molecule has 4 heteroatoms. The van der Waals surface area contributed by atoms with Crippen molar-refractivity contribution in [3.8, 4) is 0 Å². The molecule has 0 spiro atoms. The Bertz CT molecular complexity index is 706. The maximum absolute atomic E-state index is 5.16. The molecule has 138 valence electrons. The van der Waals surface area contributed by atoms with Gasteiger partial charge < -0.3 is 15.4 Å². The Morgan fingerprint density at radius 3 is 2.31 bits per heavy atom. The molecule has 26 heavy (non-hydrogen) atoms. The van der Waals surface area contributed by atoms with Crippen molar-refractivity contribution in [2.75, 3.05) is 20.2 Å². The van der Waals surface area contributed by atoms with Gasteiger partial charge in [0.15, 0.2) is 5.96 Å². The van der Waals surface area contributed by atoms with E-state index in [1.54, 1.807) is 7.11 Å². The summed E-state index contributed by atoms with van der Waals surface area (Å²) in [5, 5.41) is 6.90. The quantitative estimate of drug-likeness (QED) is 0.564. The highest BCUT2D eigenvalue weighted by Gasteiger charge is 2.43. The second-order valence-corrected chi connectivity index (χ2v) is 6.94. The Kier molecular flexibility index (Phi) is 6.29. The van der Waals surface area contributed by atoms with Crippen molar-refractivity contribution in [1.29, 1.82) is 0 Å². The molecule has 2 N–H and O–H groups in total. The standard InChI is InChI=1S/C22H29N3O/c1-3-23-21(24-15-18-9-11-19(12-10-18)16-26-2)25-17-22(13-14-22)20-7-5-4-6-8-20/h4-12H,3,13-17H2,1-2H3,(H2,23,24,25). The lowest BCUT2D eigenvalue weighted by molar-refractivity contribution is 0.185. The van der Waals surface area contributed by atoms with Crippen LogP contribution in [0.15, 0.2) is 59.6 Å². The van der Waals surface area contributed by atoms with Crippen LogP contribution < -0.4 is 10.6 Å². The van der Waals surface area contributed by atoms with E-state index in [1.807, 2.05) is 0 Å². The summed E-state index contributed by atoms with van der Waals surface area (Å²) in [5.74, 6) is 0.885. The summed E-state index contributed by atoms with van der Waals surface area (Å²) >= 11 is 0. The van der Waals surface area contributed by atoms with E-state index in [2.05, 4.69) is 72.2 Å². The first kappa shape index (κ1) is 18.5. The molecular formula is C22H29N3O. The lowest BCUT2D eigenvalue weighted by atomic mass is 9.96. The zero-order valence-corrected chi connectivity index (χ0v) is 15.8. The van der Waals surface area contributed by atoms with Gasteiger partial charge in [-0.25, -0.2) is 4.99 Å². The van der Waals surface area contributed by atoms with Crippen molar-refractivity contribution in [1.82, 2.24) is 10.6 Å². The van der Waals surface area contributed by atoms with E-state index in [1.165, 1.54) is 29.5 Å². The average Bonchev–Trinajstić information content (AvgIpc) is 3.47. The van der Waals surface area contributed by atoms with Gasteiger partial charge in [-0.05, 0) is 36.5 Å². The van der Waals surface area contributed by atoms with Gasteiger partial charge in [0.25, 0.3) is 0 Å². The Morgan fingerprint density at radius 2 is 1.69 bits per heavy atom. The van der Waals surface area contributed by atoms with Crippen LogP contribution >= 0.6 is 0 Å². The normalized spacial score (nSPS) is 15.5. The van der Waals surface area contributed by atoms with Crippen LogP contribution in [0, 0.1) is 0 Å². The monoisotopic (exact) mass is 351 g/mol. The molecule has 1 fully saturated rings. The number of rotatable bonds is 8. The molecule has 0 heterocycles. The molecule has 1 saturated carbocycles. The molecule has 0 radical (unpaired) electrons. The van der Waals surface area contributed by atoms with Gasteiger partial charge in [-0.2, -0.15) is 0 Å². The Hall–Kier alpha value is -2.33. The van der Waals surface area contributed by atoms with Gasteiger partial charge in [-0.15, -0.1) is 0 Å². The molecule has 0 atom stereocenters. The number of guanidine groups is 1. The third-order valence-corrected chi connectivity index (χ3v) is 4.93. The molecule has 3 rings (SSSR count). The van der Waals surface area contributed by atoms with Crippen LogP contribution in [0.25, 0.3) is 0 Å². The van der Waals surface area contributed by atoms with Crippen LogP contribution in [0.5, 0.6) is 0 Å². The highest BCUT2D eigenvalue weighted by atomic mass is 16.5. The Morgan fingerprint density at radius 1 is 1.00 bits per heavy atom. The third-order valence-electron chi connectivity index (χ3n) is 4.93. The molecule has 0 saturated heterocycles. The predicted octanol–water partition coefficient (Wildman–Crippen LogP) is 3.62. The van der Waals surface area contributed by atoms with Crippen molar-refractivity contribution < 1.29 is 4.74 Å². The topological polar surface area (TPSA) is 45.7 Å². The summed E-state index contributed by atoms with van der Waals surface area (Å²) in [6, 6.07) is 19.2. The van der Waals surface area contributed by atoms with Crippen LogP contribution in [0.2, 0.25) is 0 Å². The summed E-state index contributed by atoms with van der Waals surface area (Å²) in [6.45, 7) is 5.20. The predicted molar refractivity (Wildman–Crippen MR) is 107 cm³/mol. The average molecular weight is 351 g/mol. The fourth-order valence-corrected chi connectivity index (χ4v) is 3.18. The third kappa shape index (κ3) is 4.85. The van der Waals surface area contributed by atoms with Crippen LogP contribution in [0.4, 0.5) is 0 Å². The first-order chi connectivity index (χ1) is 12.8. The highest BCUT2D eigenvalue weighted by Crippen LogP contribution is 2.47. The molecule has 2 aromatic rings. The maximum Gasteiger partial charge on any atom is 0.191 e. The zero-order valence-electron chi connectivity index (χ0n) is 15.8. The summed E-state index contributed by atoms with van der Waals surface area (Å²) in [7, 11) is 1.72. The minimum atomic E-state index is 0.277. The van der Waals surface area contributed by atoms with E-state index in [4.69, 9.17) is 9.73 Å². The molecule has 2 aromatic carbocycles.